The number of rotatable bonds is 4. The lowest BCUT2D eigenvalue weighted by molar-refractivity contribution is -0.117. The Morgan fingerprint density at radius 2 is 1.68 bits per heavy atom. The Balaban J connectivity index is 1.82. The quantitative estimate of drug-likeness (QED) is 0.786. The summed E-state index contributed by atoms with van der Waals surface area (Å²) in [4.78, 5) is 11.9. The maximum Gasteiger partial charge on any atom is 0.227 e. The van der Waals surface area contributed by atoms with Crippen molar-refractivity contribution >= 4 is 23.0 Å². The van der Waals surface area contributed by atoms with Crippen molar-refractivity contribution in [3.05, 3.63) is 53.6 Å². The van der Waals surface area contributed by atoms with Gasteiger partial charge in [-0.3, -0.25) is 4.79 Å². The molecule has 3 rings (SSSR count). The second-order valence-corrected chi connectivity index (χ2v) is 5.82. The Morgan fingerprint density at radius 1 is 1.00 bits per heavy atom. The van der Waals surface area contributed by atoms with Gasteiger partial charge in [0.2, 0.25) is 5.91 Å². The van der Waals surface area contributed by atoms with Crippen LogP contribution in [0.25, 0.3) is 0 Å². The first-order valence-electron chi connectivity index (χ1n) is 7.52. The zero-order valence-corrected chi connectivity index (χ0v) is 12.8. The Labute approximate surface area is 130 Å². The van der Waals surface area contributed by atoms with E-state index in [2.05, 4.69) is 15.5 Å². The molecule has 1 aliphatic rings. The highest BCUT2D eigenvalue weighted by atomic mass is 16.2. The first-order valence-corrected chi connectivity index (χ1v) is 7.52. The van der Waals surface area contributed by atoms with E-state index in [-0.39, 0.29) is 11.8 Å². The van der Waals surface area contributed by atoms with Gasteiger partial charge < -0.3 is 5.32 Å². The van der Waals surface area contributed by atoms with Crippen LogP contribution in [-0.4, -0.2) is 5.91 Å². The average Bonchev–Trinajstić information content (AvgIpc) is 3.34. The van der Waals surface area contributed by atoms with Gasteiger partial charge >= 0.3 is 0 Å². The summed E-state index contributed by atoms with van der Waals surface area (Å²) in [5.74, 6) is 0.249. The van der Waals surface area contributed by atoms with E-state index in [1.807, 2.05) is 56.3 Å². The number of carbonyl (C=O) groups excluding carboxylic acids is 1. The van der Waals surface area contributed by atoms with Gasteiger partial charge in [-0.05, 0) is 56.5 Å². The number of anilines is 1. The van der Waals surface area contributed by atoms with Crippen LogP contribution in [0.3, 0.4) is 0 Å². The Hall–Kier alpha value is -2.49. The monoisotopic (exact) mass is 293 g/mol. The number of hydrogen-bond donors (Lipinski definition) is 1. The van der Waals surface area contributed by atoms with Gasteiger partial charge in [0.15, 0.2) is 0 Å². The lowest BCUT2D eigenvalue weighted by Crippen LogP contribution is -2.13. The molecule has 0 saturated heterocycles. The van der Waals surface area contributed by atoms with Crippen molar-refractivity contribution in [1.82, 2.24) is 0 Å². The molecule has 0 heterocycles. The summed E-state index contributed by atoms with van der Waals surface area (Å²) < 4.78 is 0. The number of aryl methyl sites for hydroxylation is 2. The standard InChI is InChI=1S/C18H19N3O/c1-12-3-8-15(9-4-12)20-21-17-11-13(2)5-10-16(17)19-18(22)14-6-7-14/h3-5,8-11,14H,6-7H2,1-2H3,(H,19,22). The minimum atomic E-state index is 0.0793. The second kappa shape index (κ2) is 6.10. The SMILES string of the molecule is Cc1ccc(N=Nc2cc(C)ccc2NC(=O)C2CC2)cc1. The van der Waals surface area contributed by atoms with E-state index >= 15 is 0 Å². The van der Waals surface area contributed by atoms with Crippen molar-refractivity contribution in [2.75, 3.05) is 5.32 Å². The van der Waals surface area contributed by atoms with Crippen molar-refractivity contribution in [2.45, 2.75) is 26.7 Å². The fourth-order valence-electron chi connectivity index (χ4n) is 2.13. The molecule has 0 unspecified atom stereocenters. The summed E-state index contributed by atoms with van der Waals surface area (Å²) in [6.45, 7) is 4.03. The maximum atomic E-state index is 11.9. The molecule has 1 amide bonds. The number of azo groups is 1. The number of nitrogens with one attached hydrogen (secondary N) is 1. The fourth-order valence-corrected chi connectivity index (χ4v) is 2.13. The summed E-state index contributed by atoms with van der Waals surface area (Å²) >= 11 is 0. The van der Waals surface area contributed by atoms with Crippen molar-refractivity contribution < 1.29 is 4.79 Å². The molecular formula is C18H19N3O. The van der Waals surface area contributed by atoms with Crippen LogP contribution in [0.2, 0.25) is 0 Å². The van der Waals surface area contributed by atoms with Gasteiger partial charge in [-0.2, -0.15) is 5.11 Å². The van der Waals surface area contributed by atoms with Gasteiger partial charge in [0, 0.05) is 5.92 Å². The largest absolute Gasteiger partial charge is 0.324 e. The second-order valence-electron chi connectivity index (χ2n) is 5.82. The lowest BCUT2D eigenvalue weighted by Gasteiger charge is -2.08. The average molecular weight is 293 g/mol. The topological polar surface area (TPSA) is 53.8 Å². The molecule has 22 heavy (non-hydrogen) atoms. The van der Waals surface area contributed by atoms with Crippen LogP contribution in [-0.2, 0) is 4.79 Å². The van der Waals surface area contributed by atoms with Crippen LogP contribution in [0.1, 0.15) is 24.0 Å². The van der Waals surface area contributed by atoms with Crippen LogP contribution in [0.5, 0.6) is 0 Å². The third kappa shape index (κ3) is 3.58. The summed E-state index contributed by atoms with van der Waals surface area (Å²) in [7, 11) is 0. The number of nitrogens with zero attached hydrogens (tertiary/aromatic N) is 2. The Kier molecular flexibility index (Phi) is 4.00. The molecule has 0 radical (unpaired) electrons. The van der Waals surface area contributed by atoms with Gasteiger partial charge in [0.25, 0.3) is 0 Å². The zero-order valence-electron chi connectivity index (χ0n) is 12.8. The highest BCUT2D eigenvalue weighted by Gasteiger charge is 2.29. The molecule has 0 aliphatic heterocycles. The van der Waals surface area contributed by atoms with Gasteiger partial charge in [0.05, 0.1) is 11.4 Å². The Morgan fingerprint density at radius 3 is 2.36 bits per heavy atom. The van der Waals surface area contributed by atoms with Gasteiger partial charge in [-0.1, -0.05) is 23.8 Å². The summed E-state index contributed by atoms with van der Waals surface area (Å²) in [5.41, 5.74) is 4.48. The predicted molar refractivity (Wildman–Crippen MR) is 87.9 cm³/mol. The molecule has 2 aromatic rings. The molecule has 112 valence electrons. The van der Waals surface area contributed by atoms with Crippen molar-refractivity contribution in [1.29, 1.82) is 0 Å². The minimum absolute atomic E-state index is 0.0793. The van der Waals surface area contributed by atoms with E-state index < -0.39 is 0 Å². The molecule has 1 N–H and O–H groups in total. The van der Waals surface area contributed by atoms with Crippen LogP contribution in [0.4, 0.5) is 17.1 Å². The molecule has 1 saturated carbocycles. The van der Waals surface area contributed by atoms with Gasteiger partial charge in [-0.15, -0.1) is 5.11 Å². The van der Waals surface area contributed by atoms with Crippen LogP contribution < -0.4 is 5.32 Å². The number of hydrogen-bond acceptors (Lipinski definition) is 3. The van der Waals surface area contributed by atoms with Gasteiger partial charge in [-0.25, -0.2) is 0 Å². The normalized spacial score (nSPS) is 14.3. The van der Waals surface area contributed by atoms with Crippen LogP contribution in [0.15, 0.2) is 52.7 Å². The number of benzene rings is 2. The summed E-state index contributed by atoms with van der Waals surface area (Å²) in [6.07, 6.45) is 1.97. The molecule has 0 atom stereocenters. The van der Waals surface area contributed by atoms with Crippen LogP contribution in [0, 0.1) is 19.8 Å². The summed E-state index contributed by atoms with van der Waals surface area (Å²) in [6, 6.07) is 13.6. The van der Waals surface area contributed by atoms with Crippen molar-refractivity contribution in [2.24, 2.45) is 16.1 Å². The first kappa shape index (κ1) is 14.4. The summed E-state index contributed by atoms with van der Waals surface area (Å²) in [5, 5.41) is 11.5. The number of amides is 1. The minimum Gasteiger partial charge on any atom is -0.324 e. The molecule has 2 aromatic carbocycles. The Bertz CT molecular complexity index is 716. The van der Waals surface area contributed by atoms with Crippen molar-refractivity contribution in [3.8, 4) is 0 Å². The highest BCUT2D eigenvalue weighted by molar-refractivity contribution is 5.96. The van der Waals surface area contributed by atoms with E-state index in [1.54, 1.807) is 0 Å². The molecule has 4 heteroatoms. The van der Waals surface area contributed by atoms with E-state index in [1.165, 1.54) is 5.56 Å². The first-order chi connectivity index (χ1) is 10.6. The smallest absolute Gasteiger partial charge is 0.227 e. The molecular weight excluding hydrogens is 274 g/mol. The predicted octanol–water partition coefficient (Wildman–Crippen LogP) is 5.07. The zero-order chi connectivity index (χ0) is 15.5. The molecule has 1 aliphatic carbocycles. The molecule has 0 bridgehead atoms. The maximum absolute atomic E-state index is 11.9. The van der Waals surface area contributed by atoms with E-state index in [0.717, 1.165) is 29.8 Å². The van der Waals surface area contributed by atoms with Crippen molar-refractivity contribution in [3.63, 3.8) is 0 Å². The molecule has 0 aromatic heterocycles. The van der Waals surface area contributed by atoms with E-state index in [0.29, 0.717) is 5.69 Å². The third-order valence-corrected chi connectivity index (χ3v) is 3.67. The third-order valence-electron chi connectivity index (χ3n) is 3.67. The molecule has 1 fully saturated rings. The van der Waals surface area contributed by atoms with Crippen LogP contribution >= 0.6 is 0 Å². The van der Waals surface area contributed by atoms with Gasteiger partial charge in [0.1, 0.15) is 5.69 Å². The van der Waals surface area contributed by atoms with E-state index in [9.17, 15) is 4.79 Å². The molecule has 4 nitrogen and oxygen atoms in total. The highest BCUT2D eigenvalue weighted by Crippen LogP contribution is 2.33. The fraction of sp³-hybridized carbons (Fsp3) is 0.278. The van der Waals surface area contributed by atoms with E-state index in [4.69, 9.17) is 0 Å². The number of carbonyl (C=O) groups is 1. The lowest BCUT2D eigenvalue weighted by atomic mass is 10.2. The molecule has 0 spiro atoms.